The van der Waals surface area contributed by atoms with Gasteiger partial charge in [-0.05, 0) is 68.8 Å². The number of hydrogen-bond donors (Lipinski definition) is 1. The summed E-state index contributed by atoms with van der Waals surface area (Å²) in [6, 6.07) is 18.4. The van der Waals surface area contributed by atoms with E-state index < -0.39 is 21.5 Å². The monoisotopic (exact) mass is 524 g/mol. The number of anilines is 1. The number of carbonyl (C=O) groups excluding carboxylic acids is 1. The normalized spacial score (nSPS) is 16.2. The lowest BCUT2D eigenvalue weighted by Crippen LogP contribution is -2.45. The number of hydrogen-bond acceptors (Lipinski definition) is 6. The third-order valence-corrected chi connectivity index (χ3v) is 8.07. The van der Waals surface area contributed by atoms with Gasteiger partial charge in [0.2, 0.25) is 5.91 Å². The van der Waals surface area contributed by atoms with Gasteiger partial charge in [0.25, 0.3) is 10.0 Å². The first-order valence-electron chi connectivity index (χ1n) is 11.9. The van der Waals surface area contributed by atoms with Gasteiger partial charge >= 0.3 is 0 Å². The Kier molecular flexibility index (Phi) is 7.36. The predicted molar refractivity (Wildman–Crippen MR) is 142 cm³/mol. The van der Waals surface area contributed by atoms with E-state index in [0.29, 0.717) is 34.9 Å². The lowest BCUT2D eigenvalue weighted by molar-refractivity contribution is -0.120. The predicted octanol–water partition coefficient (Wildman–Crippen LogP) is 4.63. The van der Waals surface area contributed by atoms with Crippen molar-refractivity contribution in [2.45, 2.75) is 43.7 Å². The van der Waals surface area contributed by atoms with Crippen LogP contribution in [0, 0.1) is 6.92 Å². The minimum Gasteiger partial charge on any atom is -0.497 e. The van der Waals surface area contributed by atoms with E-state index >= 15 is 0 Å². The highest BCUT2D eigenvalue weighted by molar-refractivity contribution is 7.92. The molecule has 3 aromatic carbocycles. The number of carbonyl (C=O) groups is 1. The topological polar surface area (TPSA) is 94.2 Å². The van der Waals surface area contributed by atoms with Gasteiger partial charge in [-0.25, -0.2) is 8.42 Å². The maximum atomic E-state index is 13.8. The summed E-state index contributed by atoms with van der Waals surface area (Å²) in [6.45, 7) is 5.28. The molecular weight excluding hydrogens is 492 g/mol. The highest BCUT2D eigenvalue weighted by atomic mass is 32.2. The highest BCUT2D eigenvalue weighted by Crippen LogP contribution is 2.41. The molecule has 0 aliphatic carbocycles. The minimum absolute atomic E-state index is 0.0760. The number of aryl methyl sites for hydroxylation is 1. The molecule has 1 heterocycles. The zero-order valence-electron chi connectivity index (χ0n) is 21.6. The number of sulfonamides is 1. The molecule has 1 aliphatic rings. The standard InChI is InChI=1S/C28H32N2O6S/c1-19-15-22(12-14-25(19)35-5)37(32,33)30(20-9-7-6-8-10-20)18-27(31)29-24-17-28(2,3)36-26-16-21(34-4)11-13-23(24)26/h6-16,24H,17-18H2,1-5H3,(H,29,31). The molecule has 1 unspecified atom stereocenters. The molecule has 8 nitrogen and oxygen atoms in total. The van der Waals surface area contributed by atoms with E-state index in [4.69, 9.17) is 14.2 Å². The molecule has 0 aromatic heterocycles. The van der Waals surface area contributed by atoms with Gasteiger partial charge in [0.05, 0.1) is 30.8 Å². The van der Waals surface area contributed by atoms with Crippen LogP contribution in [0.1, 0.15) is 37.4 Å². The number of rotatable bonds is 8. The largest absolute Gasteiger partial charge is 0.497 e. The molecule has 9 heteroatoms. The quantitative estimate of drug-likeness (QED) is 0.462. The molecule has 3 aromatic rings. The van der Waals surface area contributed by atoms with Gasteiger partial charge in [0.15, 0.2) is 0 Å². The van der Waals surface area contributed by atoms with Crippen molar-refractivity contribution in [2.24, 2.45) is 0 Å². The van der Waals surface area contributed by atoms with Crippen molar-refractivity contribution in [1.29, 1.82) is 0 Å². The summed E-state index contributed by atoms with van der Waals surface area (Å²) in [5.41, 5.74) is 1.35. The molecule has 0 saturated carbocycles. The number of ether oxygens (including phenoxy) is 3. The van der Waals surface area contributed by atoms with Crippen LogP contribution in [-0.2, 0) is 14.8 Å². The molecule has 37 heavy (non-hydrogen) atoms. The number of nitrogens with one attached hydrogen (secondary N) is 1. The van der Waals surface area contributed by atoms with Crippen LogP contribution >= 0.6 is 0 Å². The van der Waals surface area contributed by atoms with E-state index in [0.717, 1.165) is 9.87 Å². The van der Waals surface area contributed by atoms with Crippen LogP contribution in [0.25, 0.3) is 0 Å². The van der Waals surface area contributed by atoms with E-state index in [1.807, 2.05) is 26.0 Å². The Morgan fingerprint density at radius 1 is 1.05 bits per heavy atom. The fourth-order valence-electron chi connectivity index (χ4n) is 4.51. The van der Waals surface area contributed by atoms with Gasteiger partial charge in [-0.3, -0.25) is 9.10 Å². The Labute approximate surface area is 218 Å². The second-order valence-electron chi connectivity index (χ2n) is 9.57. The van der Waals surface area contributed by atoms with Gasteiger partial charge < -0.3 is 19.5 Å². The molecule has 0 spiro atoms. The number of methoxy groups -OCH3 is 2. The fraction of sp³-hybridized carbons (Fsp3) is 0.321. The summed E-state index contributed by atoms with van der Waals surface area (Å²) in [6.07, 6.45) is 0.522. The Morgan fingerprint density at radius 2 is 1.78 bits per heavy atom. The Morgan fingerprint density at radius 3 is 2.43 bits per heavy atom. The van der Waals surface area contributed by atoms with E-state index in [2.05, 4.69) is 5.32 Å². The number of fused-ring (bicyclic) bond motifs is 1. The lowest BCUT2D eigenvalue weighted by atomic mass is 9.89. The summed E-state index contributed by atoms with van der Waals surface area (Å²) in [7, 11) is -0.942. The third-order valence-electron chi connectivity index (χ3n) is 6.30. The van der Waals surface area contributed by atoms with Crippen LogP contribution in [0.3, 0.4) is 0 Å². The van der Waals surface area contributed by atoms with Crippen molar-refractivity contribution >= 4 is 21.6 Å². The van der Waals surface area contributed by atoms with Crippen LogP contribution in [0.4, 0.5) is 5.69 Å². The Hall–Kier alpha value is -3.72. The highest BCUT2D eigenvalue weighted by Gasteiger charge is 2.36. The summed E-state index contributed by atoms with van der Waals surface area (Å²) in [5.74, 6) is 1.43. The molecule has 1 amide bonds. The molecule has 1 N–H and O–H groups in total. The van der Waals surface area contributed by atoms with Crippen molar-refractivity contribution in [2.75, 3.05) is 25.1 Å². The molecule has 1 aliphatic heterocycles. The lowest BCUT2D eigenvalue weighted by Gasteiger charge is -2.38. The SMILES string of the molecule is COc1ccc2c(c1)OC(C)(C)CC2NC(=O)CN(c1ccccc1)S(=O)(=O)c1ccc(OC)c(C)c1. The van der Waals surface area contributed by atoms with E-state index in [1.54, 1.807) is 62.6 Å². The number of benzene rings is 3. The molecule has 0 saturated heterocycles. The molecule has 0 radical (unpaired) electrons. The molecule has 196 valence electrons. The van der Waals surface area contributed by atoms with Gasteiger partial charge in [0, 0.05) is 18.1 Å². The third kappa shape index (κ3) is 5.67. The smallest absolute Gasteiger partial charge is 0.264 e. The van der Waals surface area contributed by atoms with Crippen molar-refractivity contribution in [3.05, 3.63) is 77.9 Å². The van der Waals surface area contributed by atoms with Crippen molar-refractivity contribution in [3.8, 4) is 17.2 Å². The first kappa shape index (κ1) is 26.3. The Bertz CT molecular complexity index is 1390. The van der Waals surface area contributed by atoms with Gasteiger partial charge in [-0.1, -0.05) is 18.2 Å². The summed E-state index contributed by atoms with van der Waals surface area (Å²) in [5, 5.41) is 3.04. The second-order valence-corrected chi connectivity index (χ2v) is 11.4. The summed E-state index contributed by atoms with van der Waals surface area (Å²) < 4.78 is 45.4. The maximum absolute atomic E-state index is 13.8. The minimum atomic E-state index is -4.05. The molecule has 0 fully saturated rings. The van der Waals surface area contributed by atoms with Crippen molar-refractivity contribution in [3.63, 3.8) is 0 Å². The van der Waals surface area contributed by atoms with Crippen molar-refractivity contribution < 1.29 is 27.4 Å². The van der Waals surface area contributed by atoms with Gasteiger partial charge in [-0.2, -0.15) is 0 Å². The summed E-state index contributed by atoms with van der Waals surface area (Å²) >= 11 is 0. The molecule has 1 atom stereocenters. The second kappa shape index (κ2) is 10.3. The maximum Gasteiger partial charge on any atom is 0.264 e. The molecular formula is C28H32N2O6S. The molecule has 0 bridgehead atoms. The van der Waals surface area contributed by atoms with Crippen LogP contribution in [-0.4, -0.2) is 40.7 Å². The van der Waals surface area contributed by atoms with Crippen LogP contribution in [0.15, 0.2) is 71.6 Å². The van der Waals surface area contributed by atoms with Crippen LogP contribution in [0.5, 0.6) is 17.2 Å². The zero-order chi connectivity index (χ0) is 26.8. The van der Waals surface area contributed by atoms with Crippen LogP contribution < -0.4 is 23.8 Å². The zero-order valence-corrected chi connectivity index (χ0v) is 22.5. The average Bonchev–Trinajstić information content (AvgIpc) is 2.86. The van der Waals surface area contributed by atoms with E-state index in [1.165, 1.54) is 13.2 Å². The first-order valence-corrected chi connectivity index (χ1v) is 13.4. The number of nitrogens with zero attached hydrogens (tertiary/aromatic N) is 1. The Balaban J connectivity index is 1.64. The molecule has 4 rings (SSSR count). The van der Waals surface area contributed by atoms with E-state index in [-0.39, 0.29) is 17.5 Å². The summed E-state index contributed by atoms with van der Waals surface area (Å²) in [4.78, 5) is 13.5. The van der Waals surface area contributed by atoms with Crippen LogP contribution in [0.2, 0.25) is 0 Å². The first-order chi connectivity index (χ1) is 17.5. The average molecular weight is 525 g/mol. The van der Waals surface area contributed by atoms with Gasteiger partial charge in [-0.15, -0.1) is 0 Å². The van der Waals surface area contributed by atoms with Gasteiger partial charge in [0.1, 0.15) is 29.4 Å². The number of para-hydroxylation sites is 1. The van der Waals surface area contributed by atoms with E-state index in [9.17, 15) is 13.2 Å². The van der Waals surface area contributed by atoms with Crippen molar-refractivity contribution in [1.82, 2.24) is 5.32 Å². The number of amides is 1. The fourth-order valence-corrected chi connectivity index (χ4v) is 6.01.